The van der Waals surface area contributed by atoms with Crippen LogP contribution in [0.1, 0.15) is 49.7 Å². The molecule has 2 aliphatic heterocycles. The largest absolute Gasteiger partial charge is 0.412 e. The number of hydrogen-bond donors (Lipinski definition) is 2. The Balaban J connectivity index is 0.00000161. The fourth-order valence-corrected chi connectivity index (χ4v) is 5.98. The van der Waals surface area contributed by atoms with Crippen LogP contribution in [0.3, 0.4) is 0 Å². The van der Waals surface area contributed by atoms with Crippen molar-refractivity contribution in [3.05, 3.63) is 54.2 Å². The third-order valence-corrected chi connectivity index (χ3v) is 8.20. The molecule has 2 aliphatic rings. The molecule has 4 N–H and O–H groups in total. The Morgan fingerprint density at radius 2 is 1.45 bits per heavy atom. The number of aromatic amines is 2. The summed E-state index contributed by atoms with van der Waals surface area (Å²) < 4.78 is 0. The minimum absolute atomic E-state index is 0. The molecule has 7 rings (SSSR count). The highest BCUT2D eigenvalue weighted by atomic mass is 35.5. The number of benzene rings is 1. The minimum Gasteiger partial charge on any atom is -0.412 e. The van der Waals surface area contributed by atoms with Crippen molar-refractivity contribution < 1.29 is 5.48 Å². The molecule has 5 aromatic rings. The molecule has 4 aromatic heterocycles. The summed E-state index contributed by atoms with van der Waals surface area (Å²) in [6, 6.07) is 13.0. The number of rotatable bonds is 4. The van der Waals surface area contributed by atoms with Crippen LogP contribution in [-0.2, 0) is 0 Å². The molecule has 2 saturated heterocycles. The molecular formula is C30H37ClN8O. The number of hydrogen-bond acceptors (Lipinski definition) is 6. The van der Waals surface area contributed by atoms with Crippen molar-refractivity contribution in [3.8, 4) is 22.5 Å². The van der Waals surface area contributed by atoms with Crippen molar-refractivity contribution in [2.24, 2.45) is 0 Å². The molecule has 10 heteroatoms. The maximum Gasteiger partial charge on any atom is 0.156 e. The van der Waals surface area contributed by atoms with Crippen molar-refractivity contribution in [2.45, 2.75) is 44.9 Å². The van der Waals surface area contributed by atoms with E-state index in [1.54, 1.807) is 0 Å². The molecule has 0 atom stereocenters. The average molecular weight is 561 g/mol. The smallest absolute Gasteiger partial charge is 0.156 e. The topological polar surface area (TPSA) is 121 Å². The van der Waals surface area contributed by atoms with Crippen molar-refractivity contribution in [1.82, 2.24) is 34.8 Å². The number of aryl methyl sites for hydroxylation is 1. The molecule has 0 aliphatic carbocycles. The first kappa shape index (κ1) is 28.0. The third kappa shape index (κ3) is 5.29. The SMILES string of the molecule is Cc1nc(N2CCCCC2)c2[nH]c(-c3ccc(-c4cc5nc(C6CCN(C)CC6)ncc5[nH]4)cc3)cc2n1.Cl.O. The summed E-state index contributed by atoms with van der Waals surface area (Å²) in [6.45, 7) is 6.32. The zero-order valence-corrected chi connectivity index (χ0v) is 23.9. The van der Waals surface area contributed by atoms with E-state index in [0.29, 0.717) is 5.92 Å². The van der Waals surface area contributed by atoms with Gasteiger partial charge in [-0.2, -0.15) is 0 Å². The minimum atomic E-state index is 0. The molecule has 9 nitrogen and oxygen atoms in total. The van der Waals surface area contributed by atoms with Gasteiger partial charge in [-0.25, -0.2) is 19.9 Å². The van der Waals surface area contributed by atoms with Crippen molar-refractivity contribution in [1.29, 1.82) is 0 Å². The van der Waals surface area contributed by atoms with Gasteiger partial charge in [-0.15, -0.1) is 12.4 Å². The number of aromatic nitrogens is 6. The number of H-pyrrole nitrogens is 2. The lowest BCUT2D eigenvalue weighted by Gasteiger charge is -2.28. The Hall–Kier alpha value is -3.53. The van der Waals surface area contributed by atoms with Gasteiger partial charge in [0.2, 0.25) is 0 Å². The zero-order valence-electron chi connectivity index (χ0n) is 23.1. The highest BCUT2D eigenvalue weighted by Crippen LogP contribution is 2.32. The summed E-state index contributed by atoms with van der Waals surface area (Å²) in [5.41, 5.74) is 8.38. The monoisotopic (exact) mass is 560 g/mol. The molecule has 2 fully saturated rings. The van der Waals surface area contributed by atoms with Crippen LogP contribution in [-0.4, -0.2) is 73.5 Å². The number of likely N-dealkylation sites (tertiary alicyclic amines) is 1. The normalized spacial score (nSPS) is 16.7. The highest BCUT2D eigenvalue weighted by molar-refractivity contribution is 5.91. The zero-order chi connectivity index (χ0) is 25.6. The molecule has 0 radical (unpaired) electrons. The third-order valence-electron chi connectivity index (χ3n) is 8.20. The fourth-order valence-electron chi connectivity index (χ4n) is 5.98. The number of anilines is 1. The van der Waals surface area contributed by atoms with Gasteiger partial charge in [0.1, 0.15) is 17.2 Å². The Kier molecular flexibility index (Phi) is 8.07. The molecule has 210 valence electrons. The van der Waals surface area contributed by atoms with E-state index in [2.05, 4.69) is 63.2 Å². The van der Waals surface area contributed by atoms with Crippen molar-refractivity contribution in [3.63, 3.8) is 0 Å². The van der Waals surface area contributed by atoms with Gasteiger partial charge in [0.25, 0.3) is 0 Å². The molecule has 0 unspecified atom stereocenters. The Morgan fingerprint density at radius 3 is 2.15 bits per heavy atom. The first-order valence-electron chi connectivity index (χ1n) is 13.9. The predicted molar refractivity (Wildman–Crippen MR) is 163 cm³/mol. The summed E-state index contributed by atoms with van der Waals surface area (Å²) in [7, 11) is 2.18. The van der Waals surface area contributed by atoms with Crippen LogP contribution in [0.25, 0.3) is 44.6 Å². The second-order valence-electron chi connectivity index (χ2n) is 11.0. The van der Waals surface area contributed by atoms with E-state index in [-0.39, 0.29) is 17.9 Å². The number of halogens is 1. The van der Waals surface area contributed by atoms with Gasteiger partial charge in [0, 0.05) is 30.4 Å². The number of piperidine rings is 2. The van der Waals surface area contributed by atoms with E-state index in [9.17, 15) is 0 Å². The van der Waals surface area contributed by atoms with Gasteiger partial charge >= 0.3 is 0 Å². The summed E-state index contributed by atoms with van der Waals surface area (Å²) in [5, 5.41) is 0. The van der Waals surface area contributed by atoms with Crippen LogP contribution in [0.15, 0.2) is 42.6 Å². The van der Waals surface area contributed by atoms with E-state index in [0.717, 1.165) is 101 Å². The first-order chi connectivity index (χ1) is 18.6. The lowest BCUT2D eigenvalue weighted by Crippen LogP contribution is -2.30. The number of nitrogens with zero attached hydrogens (tertiary/aromatic N) is 6. The maximum atomic E-state index is 4.93. The lowest BCUT2D eigenvalue weighted by molar-refractivity contribution is 0.251. The molecule has 6 heterocycles. The summed E-state index contributed by atoms with van der Waals surface area (Å²) in [5.74, 6) is 3.29. The highest BCUT2D eigenvalue weighted by Gasteiger charge is 2.22. The predicted octanol–water partition coefficient (Wildman–Crippen LogP) is 5.27. The first-order valence-corrected chi connectivity index (χ1v) is 13.9. The average Bonchev–Trinajstić information content (AvgIpc) is 3.58. The van der Waals surface area contributed by atoms with Gasteiger partial charge < -0.3 is 25.2 Å². The quantitative estimate of drug-likeness (QED) is 0.309. The Morgan fingerprint density at radius 1 is 0.800 bits per heavy atom. The van der Waals surface area contributed by atoms with Crippen LogP contribution in [0.5, 0.6) is 0 Å². The van der Waals surface area contributed by atoms with E-state index in [4.69, 9.17) is 19.9 Å². The lowest BCUT2D eigenvalue weighted by atomic mass is 9.96. The molecule has 0 saturated carbocycles. The molecule has 1 aromatic carbocycles. The number of nitrogens with one attached hydrogen (secondary N) is 2. The Bertz CT molecular complexity index is 1600. The van der Waals surface area contributed by atoms with Gasteiger partial charge in [0.15, 0.2) is 5.82 Å². The number of fused-ring (bicyclic) bond motifs is 2. The fraction of sp³-hybridized carbons (Fsp3) is 0.400. The van der Waals surface area contributed by atoms with E-state index >= 15 is 0 Å². The second kappa shape index (κ2) is 11.5. The summed E-state index contributed by atoms with van der Waals surface area (Å²) >= 11 is 0. The Labute approximate surface area is 240 Å². The van der Waals surface area contributed by atoms with Crippen LogP contribution >= 0.6 is 12.4 Å². The molecule has 0 bridgehead atoms. The van der Waals surface area contributed by atoms with Gasteiger partial charge in [-0.05, 0) is 82.4 Å². The van der Waals surface area contributed by atoms with E-state index in [1.165, 1.54) is 19.3 Å². The molecule has 0 amide bonds. The van der Waals surface area contributed by atoms with Gasteiger partial charge in [0.05, 0.1) is 22.7 Å². The molecule has 40 heavy (non-hydrogen) atoms. The van der Waals surface area contributed by atoms with E-state index in [1.807, 2.05) is 13.1 Å². The van der Waals surface area contributed by atoms with Gasteiger partial charge in [-0.3, -0.25) is 0 Å². The van der Waals surface area contributed by atoms with Crippen LogP contribution in [0, 0.1) is 6.92 Å². The molecular weight excluding hydrogens is 524 g/mol. The van der Waals surface area contributed by atoms with Crippen LogP contribution in [0.4, 0.5) is 5.82 Å². The van der Waals surface area contributed by atoms with Gasteiger partial charge in [-0.1, -0.05) is 24.3 Å². The van der Waals surface area contributed by atoms with Crippen molar-refractivity contribution in [2.75, 3.05) is 38.1 Å². The standard InChI is InChI=1S/C30H34N8.ClH.H2O/c1-19-32-26-17-24(35-28(26)30(33-19)38-12-4-3-5-13-38)21-8-6-20(7-9-21)23-16-25-27(34-23)18-31-29(36-25)22-10-14-37(2)15-11-22;;/h6-9,16-18,22,34-35H,3-5,10-15H2,1-2H3;1H;1H2. The molecule has 0 spiro atoms. The van der Waals surface area contributed by atoms with Crippen LogP contribution < -0.4 is 4.90 Å². The van der Waals surface area contributed by atoms with Crippen molar-refractivity contribution >= 4 is 40.3 Å². The van der Waals surface area contributed by atoms with Crippen LogP contribution in [0.2, 0.25) is 0 Å². The summed E-state index contributed by atoms with van der Waals surface area (Å²) in [6.07, 6.45) is 7.94. The van der Waals surface area contributed by atoms with E-state index < -0.39 is 0 Å². The summed E-state index contributed by atoms with van der Waals surface area (Å²) in [4.78, 5) is 31.1. The maximum absolute atomic E-state index is 4.93. The second-order valence-corrected chi connectivity index (χ2v) is 11.0.